The third-order valence-electron chi connectivity index (χ3n) is 3.67. The van der Waals surface area contributed by atoms with Crippen molar-refractivity contribution >= 4 is 17.0 Å². The second-order valence-corrected chi connectivity index (χ2v) is 8.77. The molecule has 2 aromatic rings. The van der Waals surface area contributed by atoms with E-state index >= 15 is 0 Å². The molecular formula is C19H24FN3OS. The fourth-order valence-electron chi connectivity index (χ4n) is 2.30. The van der Waals surface area contributed by atoms with Crippen molar-refractivity contribution in [3.05, 3.63) is 60.7 Å². The van der Waals surface area contributed by atoms with Gasteiger partial charge in [0.15, 0.2) is 0 Å². The standard InChI is InChI=1S/C19H24FN3OS/c1-5-6-17(23-25(24)19(2,3)4)18-11-13(9-10-22-18)15-8-7-14(20)12-16(15)21/h5,7-12,17,23H,1,6,21H2,2-4H3/t17-,25?/m0/s1. The summed E-state index contributed by atoms with van der Waals surface area (Å²) in [6, 6.07) is 7.78. The van der Waals surface area contributed by atoms with Crippen LogP contribution in [0.25, 0.3) is 11.1 Å². The topological polar surface area (TPSA) is 74.0 Å². The Morgan fingerprint density at radius 1 is 1.36 bits per heavy atom. The molecule has 6 heteroatoms. The molecule has 3 N–H and O–H groups in total. The van der Waals surface area contributed by atoms with Crippen LogP contribution in [0.5, 0.6) is 0 Å². The predicted molar refractivity (Wildman–Crippen MR) is 103 cm³/mol. The molecule has 0 radical (unpaired) electrons. The van der Waals surface area contributed by atoms with Gasteiger partial charge in [0, 0.05) is 28.8 Å². The lowest BCUT2D eigenvalue weighted by atomic mass is 10.0. The normalized spacial score (nSPS) is 14.1. The Morgan fingerprint density at radius 2 is 2.08 bits per heavy atom. The smallest absolute Gasteiger partial charge is 0.136 e. The predicted octanol–water partition coefficient (Wildman–Crippen LogP) is 4.14. The minimum Gasteiger partial charge on any atom is -0.598 e. The molecule has 0 saturated heterocycles. The summed E-state index contributed by atoms with van der Waals surface area (Å²) in [5.41, 5.74) is 8.60. The van der Waals surface area contributed by atoms with E-state index in [0.29, 0.717) is 12.1 Å². The number of anilines is 1. The van der Waals surface area contributed by atoms with Crippen LogP contribution in [0.4, 0.5) is 10.1 Å². The highest BCUT2D eigenvalue weighted by Gasteiger charge is 2.30. The summed E-state index contributed by atoms with van der Waals surface area (Å²) in [5.74, 6) is -0.373. The van der Waals surface area contributed by atoms with Gasteiger partial charge in [-0.2, -0.15) is 0 Å². The van der Waals surface area contributed by atoms with Crippen LogP contribution in [0.3, 0.4) is 0 Å². The summed E-state index contributed by atoms with van der Waals surface area (Å²) in [5, 5.41) is 0. The van der Waals surface area contributed by atoms with Gasteiger partial charge in [-0.15, -0.1) is 11.3 Å². The van der Waals surface area contributed by atoms with Gasteiger partial charge in [0.05, 0.1) is 11.7 Å². The molecule has 0 amide bonds. The summed E-state index contributed by atoms with van der Waals surface area (Å²) < 4.78 is 28.5. The third kappa shape index (κ3) is 5.04. The number of hydrogen-bond acceptors (Lipinski definition) is 4. The molecule has 1 aromatic carbocycles. The van der Waals surface area contributed by atoms with E-state index in [1.807, 2.05) is 32.9 Å². The van der Waals surface area contributed by atoms with E-state index in [-0.39, 0.29) is 11.9 Å². The molecule has 0 saturated carbocycles. The molecule has 1 aromatic heterocycles. The Labute approximate surface area is 151 Å². The molecule has 1 unspecified atom stereocenters. The average molecular weight is 361 g/mol. The molecule has 0 aliphatic rings. The molecule has 0 aliphatic heterocycles. The van der Waals surface area contributed by atoms with E-state index in [1.54, 1.807) is 18.3 Å². The maximum Gasteiger partial charge on any atom is 0.136 e. The van der Waals surface area contributed by atoms with Crippen LogP contribution in [0.2, 0.25) is 0 Å². The van der Waals surface area contributed by atoms with Gasteiger partial charge in [-0.05, 0) is 63.1 Å². The van der Waals surface area contributed by atoms with Crippen LogP contribution in [0, 0.1) is 5.82 Å². The molecule has 0 aliphatic carbocycles. The van der Waals surface area contributed by atoms with Crippen molar-refractivity contribution in [2.75, 3.05) is 5.73 Å². The first-order valence-electron chi connectivity index (χ1n) is 8.02. The number of benzene rings is 1. The summed E-state index contributed by atoms with van der Waals surface area (Å²) in [6.45, 7) is 9.49. The third-order valence-corrected chi connectivity index (χ3v) is 5.28. The van der Waals surface area contributed by atoms with Gasteiger partial charge in [0.25, 0.3) is 0 Å². The molecule has 0 bridgehead atoms. The van der Waals surface area contributed by atoms with Gasteiger partial charge < -0.3 is 10.3 Å². The van der Waals surface area contributed by atoms with Crippen LogP contribution in [0.1, 0.15) is 38.9 Å². The molecule has 2 rings (SSSR count). The lowest BCUT2D eigenvalue weighted by Gasteiger charge is -2.27. The monoisotopic (exact) mass is 361 g/mol. The number of hydrogen-bond donors (Lipinski definition) is 2. The molecule has 1 heterocycles. The fraction of sp³-hybridized carbons (Fsp3) is 0.316. The van der Waals surface area contributed by atoms with Gasteiger partial charge >= 0.3 is 0 Å². The van der Waals surface area contributed by atoms with E-state index < -0.39 is 16.1 Å². The van der Waals surface area contributed by atoms with Crippen molar-refractivity contribution in [3.8, 4) is 11.1 Å². The molecule has 0 fully saturated rings. The summed E-state index contributed by atoms with van der Waals surface area (Å²) in [4.78, 5) is 4.41. The minimum atomic E-state index is -1.24. The fourth-order valence-corrected chi connectivity index (χ4v) is 3.13. The van der Waals surface area contributed by atoms with Crippen LogP contribution in [-0.4, -0.2) is 14.3 Å². The highest BCUT2D eigenvalue weighted by molar-refractivity contribution is 7.90. The lowest BCUT2D eigenvalue weighted by molar-refractivity contribution is 0.521. The number of pyridine rings is 1. The van der Waals surface area contributed by atoms with E-state index in [1.165, 1.54) is 12.1 Å². The number of halogens is 1. The molecule has 2 atom stereocenters. The van der Waals surface area contributed by atoms with Gasteiger partial charge in [-0.1, -0.05) is 6.08 Å². The zero-order valence-electron chi connectivity index (χ0n) is 14.8. The Hall–Kier alpha value is -1.89. The number of aromatic nitrogens is 1. The van der Waals surface area contributed by atoms with Crippen LogP contribution in [0.15, 0.2) is 49.2 Å². The van der Waals surface area contributed by atoms with E-state index in [2.05, 4.69) is 16.3 Å². The Bertz CT molecular complexity index is 746. The van der Waals surface area contributed by atoms with Gasteiger partial charge in [-0.3, -0.25) is 4.98 Å². The first-order valence-corrected chi connectivity index (χ1v) is 9.17. The number of nitrogens with two attached hydrogens (primary N) is 1. The number of nitrogen functional groups attached to an aromatic ring is 1. The van der Waals surface area contributed by atoms with Gasteiger partial charge in [0.2, 0.25) is 0 Å². The SMILES string of the molecule is C=CC[C@H](N[S+]([O-])C(C)(C)C)c1cc(-c2ccc(F)cc2N)ccn1. The largest absolute Gasteiger partial charge is 0.598 e. The van der Waals surface area contributed by atoms with Crippen LogP contribution < -0.4 is 10.5 Å². The molecular weight excluding hydrogens is 337 g/mol. The number of rotatable bonds is 6. The first-order chi connectivity index (χ1) is 11.7. The van der Waals surface area contributed by atoms with Gasteiger partial charge in [-0.25, -0.2) is 4.39 Å². The zero-order valence-corrected chi connectivity index (χ0v) is 15.6. The van der Waals surface area contributed by atoms with Crippen LogP contribution >= 0.6 is 0 Å². The highest BCUT2D eigenvalue weighted by atomic mass is 32.2. The number of nitrogens with zero attached hydrogens (tertiary/aromatic N) is 1. The molecule has 0 spiro atoms. The first kappa shape index (κ1) is 19.4. The second kappa shape index (κ2) is 7.99. The maximum atomic E-state index is 13.3. The number of nitrogens with one attached hydrogen (secondary N) is 1. The average Bonchev–Trinajstić information content (AvgIpc) is 2.53. The Kier molecular flexibility index (Phi) is 6.21. The Balaban J connectivity index is 2.35. The molecule has 25 heavy (non-hydrogen) atoms. The Morgan fingerprint density at radius 3 is 2.68 bits per heavy atom. The second-order valence-electron chi connectivity index (χ2n) is 6.78. The summed E-state index contributed by atoms with van der Waals surface area (Å²) in [6.07, 6.45) is 4.01. The lowest BCUT2D eigenvalue weighted by Crippen LogP contribution is -2.41. The van der Waals surface area contributed by atoms with Crippen molar-refractivity contribution in [2.45, 2.75) is 38.0 Å². The minimum absolute atomic E-state index is 0.237. The van der Waals surface area contributed by atoms with Crippen molar-refractivity contribution in [1.82, 2.24) is 9.71 Å². The summed E-state index contributed by atoms with van der Waals surface area (Å²) in [7, 11) is 0. The van der Waals surface area contributed by atoms with Gasteiger partial charge in [0.1, 0.15) is 10.6 Å². The quantitative estimate of drug-likeness (QED) is 0.461. The maximum absolute atomic E-state index is 13.3. The van der Waals surface area contributed by atoms with Crippen molar-refractivity contribution < 1.29 is 8.94 Å². The van der Waals surface area contributed by atoms with Crippen molar-refractivity contribution in [1.29, 1.82) is 0 Å². The van der Waals surface area contributed by atoms with E-state index in [0.717, 1.165) is 16.8 Å². The summed E-state index contributed by atoms with van der Waals surface area (Å²) >= 11 is -1.24. The van der Waals surface area contributed by atoms with E-state index in [9.17, 15) is 8.94 Å². The molecule has 4 nitrogen and oxygen atoms in total. The van der Waals surface area contributed by atoms with Crippen molar-refractivity contribution in [3.63, 3.8) is 0 Å². The van der Waals surface area contributed by atoms with Crippen LogP contribution in [-0.2, 0) is 11.4 Å². The molecule has 134 valence electrons. The zero-order chi connectivity index (χ0) is 18.6. The van der Waals surface area contributed by atoms with Crippen molar-refractivity contribution in [2.24, 2.45) is 0 Å². The highest BCUT2D eigenvalue weighted by Crippen LogP contribution is 2.29. The van der Waals surface area contributed by atoms with E-state index in [4.69, 9.17) is 5.73 Å².